The van der Waals surface area contributed by atoms with Gasteiger partial charge in [-0.15, -0.1) is 0 Å². The highest BCUT2D eigenvalue weighted by Crippen LogP contribution is 2.42. The van der Waals surface area contributed by atoms with Crippen LogP contribution in [-0.2, 0) is 18.9 Å². The first-order chi connectivity index (χ1) is 28.4. The Bertz CT molecular complexity index is 1850. The molecule has 2 fully saturated rings. The second-order valence-corrected chi connectivity index (χ2v) is 16.2. The molecule has 59 heavy (non-hydrogen) atoms. The van der Waals surface area contributed by atoms with Gasteiger partial charge in [0.2, 0.25) is 23.9 Å². The average molecular weight is 805 g/mol. The molecule has 310 valence electrons. The van der Waals surface area contributed by atoms with Crippen LogP contribution in [0.5, 0.6) is 0 Å². The zero-order valence-electron chi connectivity index (χ0n) is 33.8. The largest absolute Gasteiger partial charge is 0.441 e. The minimum absolute atomic E-state index is 0.0898. The summed E-state index contributed by atoms with van der Waals surface area (Å²) in [4.78, 5) is 53.2. The number of hydrogen-bond donors (Lipinski definition) is 4. The standard InChI is InChI=1S/C44H53BN6O8/c1-27(2)25-33(46-43(52)39-35(29-17-9-5-10-18-29)41(50(54)55)37(48-39)31-21-13-7-14-22-31)58-45-59-34(26-28(3)4)47-44(53)40-36(30-19-11-6-12-20-30)42(51(56)57)38(49-40)32-23-15-8-16-24-32/h5-24,27-28,33-42,45,48-49H,25-26H2,1-4H3,(H,46,52)(H,47,53). The Balaban J connectivity index is 1.18. The minimum Gasteiger partial charge on any atom is -0.393 e. The summed E-state index contributed by atoms with van der Waals surface area (Å²) in [5, 5.41) is 38.0. The predicted octanol–water partition coefficient (Wildman–Crippen LogP) is 5.55. The van der Waals surface area contributed by atoms with Crippen molar-refractivity contribution in [2.75, 3.05) is 0 Å². The van der Waals surface area contributed by atoms with E-state index in [4.69, 9.17) is 9.31 Å². The van der Waals surface area contributed by atoms with Crippen LogP contribution in [0.25, 0.3) is 0 Å². The topological polar surface area (TPSA) is 187 Å². The SMILES string of the molecule is CC(C)CC(NC(=O)C1NC(c2ccccc2)C([N+](=O)[O-])C1c1ccccc1)OBOC(CC(C)C)NC(=O)C1NC(c2ccccc2)C([N+](=O)[O-])C1c1ccccc1. The first-order valence-corrected chi connectivity index (χ1v) is 20.3. The zero-order chi connectivity index (χ0) is 42.1. The third kappa shape index (κ3) is 10.6. The van der Waals surface area contributed by atoms with E-state index in [1.807, 2.05) is 100 Å². The molecule has 2 aliphatic heterocycles. The fourth-order valence-electron chi connectivity index (χ4n) is 8.52. The summed E-state index contributed by atoms with van der Waals surface area (Å²) in [6.45, 7) is 7.94. The lowest BCUT2D eigenvalue weighted by atomic mass is 9.85. The highest BCUT2D eigenvalue weighted by molar-refractivity contribution is 6.18. The molecule has 2 saturated heterocycles. The van der Waals surface area contributed by atoms with Crippen LogP contribution in [0, 0.1) is 32.1 Å². The molecule has 0 aromatic heterocycles. The van der Waals surface area contributed by atoms with Crippen LogP contribution < -0.4 is 21.3 Å². The summed E-state index contributed by atoms with van der Waals surface area (Å²) in [6, 6.07) is 30.7. The maximum atomic E-state index is 14.2. The lowest BCUT2D eigenvalue weighted by Crippen LogP contribution is -2.51. The van der Waals surface area contributed by atoms with E-state index < -0.39 is 72.4 Å². The van der Waals surface area contributed by atoms with Gasteiger partial charge in [-0.05, 0) is 46.9 Å². The predicted molar refractivity (Wildman–Crippen MR) is 224 cm³/mol. The van der Waals surface area contributed by atoms with Crippen LogP contribution in [0.2, 0.25) is 0 Å². The summed E-state index contributed by atoms with van der Waals surface area (Å²) >= 11 is 0. The number of carbonyl (C=O) groups excluding carboxylic acids is 2. The van der Waals surface area contributed by atoms with Gasteiger partial charge in [-0.25, -0.2) is 0 Å². The number of amides is 2. The van der Waals surface area contributed by atoms with E-state index in [-0.39, 0.29) is 29.4 Å². The Labute approximate surface area is 345 Å². The number of nitro groups is 2. The second-order valence-electron chi connectivity index (χ2n) is 16.2. The average Bonchev–Trinajstić information content (AvgIpc) is 3.83. The molecular formula is C44H53BN6O8. The van der Waals surface area contributed by atoms with E-state index in [0.717, 1.165) is 0 Å². The lowest BCUT2D eigenvalue weighted by Gasteiger charge is -2.28. The van der Waals surface area contributed by atoms with E-state index in [0.29, 0.717) is 35.1 Å². The number of rotatable bonds is 18. The quantitative estimate of drug-likeness (QED) is 0.0430. The molecule has 14 nitrogen and oxygen atoms in total. The molecule has 0 bridgehead atoms. The van der Waals surface area contributed by atoms with Gasteiger partial charge in [-0.3, -0.25) is 40.5 Å². The summed E-state index contributed by atoms with van der Waals surface area (Å²) in [5.74, 6) is -2.28. The molecule has 2 heterocycles. The molecule has 10 unspecified atom stereocenters. The van der Waals surface area contributed by atoms with Gasteiger partial charge in [0.25, 0.3) is 0 Å². The molecule has 15 heteroatoms. The van der Waals surface area contributed by atoms with Gasteiger partial charge in [0.1, 0.15) is 36.6 Å². The summed E-state index contributed by atoms with van der Waals surface area (Å²) in [7, 11) is -0.302. The van der Waals surface area contributed by atoms with Crippen LogP contribution in [0.4, 0.5) is 0 Å². The fraction of sp³-hybridized carbons (Fsp3) is 0.409. The van der Waals surface area contributed by atoms with Crippen LogP contribution in [-0.4, -0.2) is 66.0 Å². The highest BCUT2D eigenvalue weighted by atomic mass is 16.6. The number of carbonyl (C=O) groups is 2. The number of nitrogens with one attached hydrogen (secondary N) is 4. The van der Waals surface area contributed by atoms with Gasteiger partial charge >= 0.3 is 7.69 Å². The van der Waals surface area contributed by atoms with Crippen LogP contribution >= 0.6 is 0 Å². The van der Waals surface area contributed by atoms with Crippen molar-refractivity contribution >= 4 is 19.5 Å². The van der Waals surface area contributed by atoms with Gasteiger partial charge in [0, 0.05) is 9.85 Å². The fourth-order valence-corrected chi connectivity index (χ4v) is 8.52. The molecule has 4 aromatic carbocycles. The molecule has 6 rings (SSSR count). The van der Waals surface area contributed by atoms with Crippen LogP contribution in [0.1, 0.15) is 86.7 Å². The maximum Gasteiger partial charge on any atom is 0.441 e. The Hall–Kier alpha value is -5.48. The van der Waals surface area contributed by atoms with Crippen molar-refractivity contribution in [2.45, 2.75) is 101 Å². The molecular weight excluding hydrogens is 751 g/mol. The van der Waals surface area contributed by atoms with Crippen molar-refractivity contribution in [3.05, 3.63) is 164 Å². The molecule has 2 amide bonds. The van der Waals surface area contributed by atoms with Crippen LogP contribution in [0.15, 0.2) is 121 Å². The van der Waals surface area contributed by atoms with Gasteiger partial charge in [-0.2, -0.15) is 0 Å². The van der Waals surface area contributed by atoms with E-state index in [9.17, 15) is 29.8 Å². The molecule has 2 aliphatic rings. The lowest BCUT2D eigenvalue weighted by molar-refractivity contribution is -0.527. The normalized spacial score (nSPS) is 25.0. The number of hydrogen-bond acceptors (Lipinski definition) is 10. The Morgan fingerprint density at radius 1 is 0.576 bits per heavy atom. The van der Waals surface area contributed by atoms with Crippen molar-refractivity contribution in [3.63, 3.8) is 0 Å². The molecule has 0 aliphatic carbocycles. The first-order valence-electron chi connectivity index (χ1n) is 20.3. The maximum absolute atomic E-state index is 14.2. The summed E-state index contributed by atoms with van der Waals surface area (Å²) in [6.07, 6.45) is -0.832. The van der Waals surface area contributed by atoms with Gasteiger partial charge in [-0.1, -0.05) is 149 Å². The molecule has 0 saturated carbocycles. The molecule has 0 radical (unpaired) electrons. The van der Waals surface area contributed by atoms with Gasteiger partial charge in [0.05, 0.1) is 11.8 Å². The summed E-state index contributed by atoms with van der Waals surface area (Å²) < 4.78 is 12.3. The molecule has 0 spiro atoms. The van der Waals surface area contributed by atoms with Crippen LogP contribution in [0.3, 0.4) is 0 Å². The van der Waals surface area contributed by atoms with Crippen molar-refractivity contribution in [1.29, 1.82) is 0 Å². The zero-order valence-corrected chi connectivity index (χ0v) is 33.8. The number of nitrogens with zero attached hydrogens (tertiary/aromatic N) is 2. The monoisotopic (exact) mass is 804 g/mol. The van der Waals surface area contributed by atoms with E-state index >= 15 is 0 Å². The van der Waals surface area contributed by atoms with E-state index in [1.54, 1.807) is 48.5 Å². The Morgan fingerprint density at radius 2 is 0.881 bits per heavy atom. The van der Waals surface area contributed by atoms with Gasteiger partial charge < -0.3 is 19.9 Å². The molecule has 4 N–H and O–H groups in total. The molecule has 10 atom stereocenters. The third-order valence-electron chi connectivity index (χ3n) is 11.1. The van der Waals surface area contributed by atoms with Crippen molar-refractivity contribution in [3.8, 4) is 0 Å². The smallest absolute Gasteiger partial charge is 0.393 e. The van der Waals surface area contributed by atoms with Gasteiger partial charge in [0.15, 0.2) is 0 Å². The van der Waals surface area contributed by atoms with E-state index in [1.165, 1.54) is 0 Å². The van der Waals surface area contributed by atoms with Crippen molar-refractivity contribution < 1.29 is 28.7 Å². The Kier molecular flexibility index (Phi) is 14.6. The molecule has 4 aromatic rings. The van der Waals surface area contributed by atoms with E-state index in [2.05, 4.69) is 21.3 Å². The van der Waals surface area contributed by atoms with Crippen molar-refractivity contribution in [2.24, 2.45) is 11.8 Å². The Morgan fingerprint density at radius 3 is 1.17 bits per heavy atom. The number of benzene rings is 4. The third-order valence-corrected chi connectivity index (χ3v) is 11.1. The van der Waals surface area contributed by atoms with Crippen molar-refractivity contribution in [1.82, 2.24) is 21.3 Å². The summed E-state index contributed by atoms with van der Waals surface area (Å²) in [5.41, 5.74) is 2.75. The highest BCUT2D eigenvalue weighted by Gasteiger charge is 2.56. The second kappa shape index (κ2) is 20.0. The minimum atomic E-state index is -1.12. The first kappa shape index (κ1) is 43.1.